The molecule has 0 heterocycles. The molecular formula is C4H8N2O2. The molecule has 0 aliphatic rings. The van der Waals surface area contributed by atoms with Gasteiger partial charge in [-0.1, -0.05) is 0 Å². The Morgan fingerprint density at radius 2 is 2.12 bits per heavy atom. The third kappa shape index (κ3) is 2.07. The second-order valence-electron chi connectivity index (χ2n) is 1.17. The van der Waals surface area contributed by atoms with E-state index in [1.807, 2.05) is 0 Å². The van der Waals surface area contributed by atoms with Crippen LogP contribution in [0.5, 0.6) is 0 Å². The van der Waals surface area contributed by atoms with Crippen LogP contribution in [-0.4, -0.2) is 13.0 Å². The van der Waals surface area contributed by atoms with Crippen molar-refractivity contribution in [1.82, 2.24) is 0 Å². The molecule has 4 N–H and O–H groups in total. The van der Waals surface area contributed by atoms with Crippen molar-refractivity contribution in [3.63, 3.8) is 0 Å². The lowest BCUT2D eigenvalue weighted by Crippen LogP contribution is -2.20. The Balaban J connectivity index is 3.80. The fourth-order valence-electron chi connectivity index (χ4n) is 0.185. The van der Waals surface area contributed by atoms with Crippen LogP contribution in [0.25, 0.3) is 0 Å². The lowest BCUT2D eigenvalue weighted by atomic mass is 10.5. The molecule has 0 aromatic carbocycles. The molecule has 1 amide bonds. The molecular weight excluding hydrogens is 108 g/mol. The Morgan fingerprint density at radius 1 is 1.62 bits per heavy atom. The van der Waals surface area contributed by atoms with Gasteiger partial charge in [0, 0.05) is 0 Å². The second-order valence-corrected chi connectivity index (χ2v) is 1.17. The van der Waals surface area contributed by atoms with E-state index in [2.05, 4.69) is 4.74 Å². The summed E-state index contributed by atoms with van der Waals surface area (Å²) in [6, 6.07) is 0. The van der Waals surface area contributed by atoms with E-state index in [-0.39, 0.29) is 5.70 Å². The van der Waals surface area contributed by atoms with Crippen molar-refractivity contribution in [2.24, 2.45) is 11.5 Å². The van der Waals surface area contributed by atoms with Crippen molar-refractivity contribution in [3.8, 4) is 0 Å². The summed E-state index contributed by atoms with van der Waals surface area (Å²) in [5, 5.41) is 0. The third-order valence-corrected chi connectivity index (χ3v) is 0.529. The molecule has 0 aromatic heterocycles. The minimum Gasteiger partial charge on any atom is -0.502 e. The first-order valence-electron chi connectivity index (χ1n) is 1.96. The summed E-state index contributed by atoms with van der Waals surface area (Å²) in [6.45, 7) is 0. The van der Waals surface area contributed by atoms with Crippen LogP contribution in [0, 0.1) is 0 Å². The Hall–Kier alpha value is -1.19. The summed E-state index contributed by atoms with van der Waals surface area (Å²) < 4.78 is 4.38. The summed E-state index contributed by atoms with van der Waals surface area (Å²) in [5.74, 6) is -0.674. The number of carbonyl (C=O) groups excluding carboxylic acids is 1. The van der Waals surface area contributed by atoms with E-state index >= 15 is 0 Å². The van der Waals surface area contributed by atoms with Crippen molar-refractivity contribution < 1.29 is 9.53 Å². The second kappa shape index (κ2) is 2.90. The Bertz CT molecular complexity index is 119. The van der Waals surface area contributed by atoms with Gasteiger partial charge in [-0.2, -0.15) is 0 Å². The highest BCUT2D eigenvalue weighted by Gasteiger charge is 1.94. The number of amides is 1. The molecule has 0 atom stereocenters. The van der Waals surface area contributed by atoms with E-state index in [0.717, 1.165) is 6.26 Å². The van der Waals surface area contributed by atoms with Gasteiger partial charge >= 0.3 is 0 Å². The van der Waals surface area contributed by atoms with Gasteiger partial charge in [-0.05, 0) is 0 Å². The number of ether oxygens (including phenoxy) is 1. The summed E-state index contributed by atoms with van der Waals surface area (Å²) in [5.41, 5.74) is 9.62. The molecule has 0 fully saturated rings. The molecule has 0 aliphatic heterocycles. The predicted molar refractivity (Wildman–Crippen MR) is 28.5 cm³/mol. The molecule has 0 radical (unpaired) electrons. The molecule has 0 rings (SSSR count). The highest BCUT2D eigenvalue weighted by Crippen LogP contribution is 1.78. The van der Waals surface area contributed by atoms with Crippen molar-refractivity contribution in [2.75, 3.05) is 7.11 Å². The van der Waals surface area contributed by atoms with Crippen LogP contribution in [-0.2, 0) is 9.53 Å². The topological polar surface area (TPSA) is 78.3 Å². The van der Waals surface area contributed by atoms with Gasteiger partial charge in [0.05, 0.1) is 7.11 Å². The molecule has 46 valence electrons. The number of rotatable bonds is 2. The van der Waals surface area contributed by atoms with Crippen LogP contribution in [0.3, 0.4) is 0 Å². The minimum atomic E-state index is -0.674. The number of primary amides is 1. The summed E-state index contributed by atoms with van der Waals surface area (Å²) in [4.78, 5) is 10.0. The molecule has 0 spiro atoms. The van der Waals surface area contributed by atoms with Gasteiger partial charge in [0.1, 0.15) is 12.0 Å². The first-order chi connectivity index (χ1) is 3.68. The summed E-state index contributed by atoms with van der Waals surface area (Å²) >= 11 is 0. The van der Waals surface area contributed by atoms with Gasteiger partial charge in [0.2, 0.25) is 0 Å². The van der Waals surface area contributed by atoms with Crippen molar-refractivity contribution in [3.05, 3.63) is 12.0 Å². The number of hydrogen-bond acceptors (Lipinski definition) is 3. The highest BCUT2D eigenvalue weighted by atomic mass is 16.5. The normalized spacial score (nSPS) is 10.9. The van der Waals surface area contributed by atoms with Gasteiger partial charge < -0.3 is 16.2 Å². The van der Waals surface area contributed by atoms with Crippen LogP contribution in [0.2, 0.25) is 0 Å². The van der Waals surface area contributed by atoms with Crippen LogP contribution in [0.4, 0.5) is 0 Å². The zero-order chi connectivity index (χ0) is 6.57. The standard InChI is InChI=1S/C4H8N2O2/c1-8-2-3(5)4(6)7/h2H,5H2,1H3,(H2,6,7). The monoisotopic (exact) mass is 116 g/mol. The Labute approximate surface area is 47.1 Å². The zero-order valence-electron chi connectivity index (χ0n) is 4.55. The average Bonchev–Trinajstić information content (AvgIpc) is 1.67. The molecule has 0 bridgehead atoms. The zero-order valence-corrected chi connectivity index (χ0v) is 4.55. The lowest BCUT2D eigenvalue weighted by molar-refractivity contribution is -0.114. The number of methoxy groups -OCH3 is 1. The van der Waals surface area contributed by atoms with E-state index in [0.29, 0.717) is 0 Å². The third-order valence-electron chi connectivity index (χ3n) is 0.529. The van der Waals surface area contributed by atoms with Crippen molar-refractivity contribution >= 4 is 5.91 Å². The molecule has 4 heteroatoms. The van der Waals surface area contributed by atoms with Crippen LogP contribution in [0.1, 0.15) is 0 Å². The van der Waals surface area contributed by atoms with Gasteiger partial charge in [-0.15, -0.1) is 0 Å². The Kier molecular flexibility index (Phi) is 2.47. The number of hydrogen-bond donors (Lipinski definition) is 2. The first kappa shape index (κ1) is 6.81. The van der Waals surface area contributed by atoms with E-state index < -0.39 is 5.91 Å². The van der Waals surface area contributed by atoms with Crippen molar-refractivity contribution in [1.29, 1.82) is 0 Å². The molecule has 4 nitrogen and oxygen atoms in total. The van der Waals surface area contributed by atoms with Gasteiger partial charge in [-0.25, -0.2) is 0 Å². The smallest absolute Gasteiger partial charge is 0.267 e. The maximum atomic E-state index is 10.0. The van der Waals surface area contributed by atoms with Crippen LogP contribution < -0.4 is 11.5 Å². The lowest BCUT2D eigenvalue weighted by Gasteiger charge is -1.90. The highest BCUT2D eigenvalue weighted by molar-refractivity contribution is 5.90. The largest absolute Gasteiger partial charge is 0.502 e. The molecule has 0 aliphatic carbocycles. The molecule has 0 unspecified atom stereocenters. The number of carbonyl (C=O) groups is 1. The predicted octanol–water partition coefficient (Wildman–Crippen LogP) is -1.08. The summed E-state index contributed by atoms with van der Waals surface area (Å²) in [7, 11) is 1.38. The summed E-state index contributed by atoms with van der Waals surface area (Å²) in [6.07, 6.45) is 1.09. The van der Waals surface area contributed by atoms with Gasteiger partial charge in [-0.3, -0.25) is 4.79 Å². The fourth-order valence-corrected chi connectivity index (χ4v) is 0.185. The van der Waals surface area contributed by atoms with Crippen LogP contribution >= 0.6 is 0 Å². The van der Waals surface area contributed by atoms with E-state index in [1.54, 1.807) is 0 Å². The van der Waals surface area contributed by atoms with Crippen molar-refractivity contribution in [2.45, 2.75) is 0 Å². The Morgan fingerprint density at radius 3 is 2.25 bits per heavy atom. The van der Waals surface area contributed by atoms with Crippen LogP contribution in [0.15, 0.2) is 12.0 Å². The van der Waals surface area contributed by atoms with E-state index in [9.17, 15) is 4.79 Å². The maximum absolute atomic E-state index is 10.0. The first-order valence-corrected chi connectivity index (χ1v) is 1.96. The minimum absolute atomic E-state index is 0.0764. The van der Waals surface area contributed by atoms with Gasteiger partial charge in [0.25, 0.3) is 5.91 Å². The fraction of sp³-hybridized carbons (Fsp3) is 0.250. The molecule has 0 saturated heterocycles. The number of nitrogens with two attached hydrogens (primary N) is 2. The quantitative estimate of drug-likeness (QED) is 0.355. The maximum Gasteiger partial charge on any atom is 0.267 e. The SMILES string of the molecule is COC=C(N)C(N)=O. The van der Waals surface area contributed by atoms with Gasteiger partial charge in [0.15, 0.2) is 0 Å². The van der Waals surface area contributed by atoms with E-state index in [1.165, 1.54) is 7.11 Å². The average molecular weight is 116 g/mol. The molecule has 0 aromatic rings. The molecule has 0 saturated carbocycles. The molecule has 8 heavy (non-hydrogen) atoms. The van der Waals surface area contributed by atoms with E-state index in [4.69, 9.17) is 11.5 Å².